The molecule has 1 aliphatic heterocycles. The van der Waals surface area contributed by atoms with Gasteiger partial charge in [0, 0.05) is 26.2 Å². The molecule has 0 radical (unpaired) electrons. The van der Waals surface area contributed by atoms with E-state index in [1.807, 2.05) is 0 Å². The van der Waals surface area contributed by atoms with Crippen molar-refractivity contribution in [1.29, 1.82) is 0 Å². The van der Waals surface area contributed by atoms with Crippen LogP contribution in [0, 0.1) is 6.92 Å². The number of rotatable bonds is 3. The van der Waals surface area contributed by atoms with Crippen molar-refractivity contribution >= 4 is 11.4 Å². The number of nitrogens with two attached hydrogens (primary N) is 1. The lowest BCUT2D eigenvalue weighted by molar-refractivity contribution is 0.204. The second kappa shape index (κ2) is 6.07. The van der Waals surface area contributed by atoms with Crippen LogP contribution in [0.3, 0.4) is 0 Å². The highest BCUT2D eigenvalue weighted by Crippen LogP contribution is 2.26. The van der Waals surface area contributed by atoms with E-state index in [4.69, 9.17) is 10.8 Å². The number of nitrogens with zero attached hydrogens (tertiary/aromatic N) is 2. The molecule has 100 valence electrons. The topological polar surface area (TPSA) is 52.7 Å². The molecule has 2 rings (SSSR count). The molecule has 1 aromatic carbocycles. The zero-order valence-electron chi connectivity index (χ0n) is 11.1. The van der Waals surface area contributed by atoms with Crippen molar-refractivity contribution in [2.24, 2.45) is 0 Å². The van der Waals surface area contributed by atoms with Crippen LogP contribution < -0.4 is 10.6 Å². The maximum atomic E-state index is 9.00. The zero-order chi connectivity index (χ0) is 13.0. The van der Waals surface area contributed by atoms with Gasteiger partial charge in [0.2, 0.25) is 0 Å². The molecule has 1 fully saturated rings. The van der Waals surface area contributed by atoms with Gasteiger partial charge in [-0.2, -0.15) is 0 Å². The molecule has 0 unspecified atom stereocenters. The third-order valence-corrected chi connectivity index (χ3v) is 3.65. The van der Waals surface area contributed by atoms with E-state index in [9.17, 15) is 0 Å². The van der Waals surface area contributed by atoms with Gasteiger partial charge in [-0.15, -0.1) is 0 Å². The Hall–Kier alpha value is -1.26. The number of aliphatic hydroxyl groups is 1. The van der Waals surface area contributed by atoms with Gasteiger partial charge in [0.05, 0.1) is 18.0 Å². The number of anilines is 2. The molecule has 1 saturated heterocycles. The molecule has 18 heavy (non-hydrogen) atoms. The van der Waals surface area contributed by atoms with Gasteiger partial charge in [-0.1, -0.05) is 12.1 Å². The molecular formula is C14H23N3O. The maximum absolute atomic E-state index is 9.00. The fourth-order valence-corrected chi connectivity index (χ4v) is 2.52. The normalized spacial score (nSPS) is 17.8. The monoisotopic (exact) mass is 249 g/mol. The predicted molar refractivity (Wildman–Crippen MR) is 75.9 cm³/mol. The van der Waals surface area contributed by atoms with Crippen molar-refractivity contribution in [2.45, 2.75) is 13.3 Å². The van der Waals surface area contributed by atoms with Gasteiger partial charge in [0.25, 0.3) is 0 Å². The molecule has 0 aromatic heterocycles. The quantitative estimate of drug-likeness (QED) is 0.787. The fourth-order valence-electron chi connectivity index (χ4n) is 2.52. The summed E-state index contributed by atoms with van der Waals surface area (Å²) in [7, 11) is 0. The molecular weight excluding hydrogens is 226 g/mol. The maximum Gasteiger partial charge on any atom is 0.0603 e. The second-order valence-corrected chi connectivity index (χ2v) is 4.91. The lowest BCUT2D eigenvalue weighted by atomic mass is 10.1. The molecule has 4 nitrogen and oxygen atoms in total. The summed E-state index contributed by atoms with van der Waals surface area (Å²) in [4.78, 5) is 4.67. The Kier molecular flexibility index (Phi) is 4.44. The number of aliphatic hydroxyl groups excluding tert-OH is 1. The van der Waals surface area contributed by atoms with E-state index in [1.54, 1.807) is 0 Å². The number of para-hydroxylation sites is 1. The Morgan fingerprint density at radius 2 is 2.06 bits per heavy atom. The highest BCUT2D eigenvalue weighted by Gasteiger charge is 2.16. The Labute approximate surface area is 109 Å². The standard InChI is InChI=1S/C14H23N3O/c1-12-4-2-5-13(14(12)15)17-7-3-6-16(8-9-17)10-11-18/h2,4-5,18H,3,6-11,15H2,1H3. The lowest BCUT2D eigenvalue weighted by Gasteiger charge is -2.25. The number of nitrogen functional groups attached to an aromatic ring is 1. The van der Waals surface area contributed by atoms with Crippen molar-refractivity contribution in [3.8, 4) is 0 Å². The molecule has 1 heterocycles. The molecule has 0 atom stereocenters. The van der Waals surface area contributed by atoms with Crippen LogP contribution in [-0.2, 0) is 0 Å². The molecule has 0 bridgehead atoms. The van der Waals surface area contributed by atoms with E-state index in [-0.39, 0.29) is 6.61 Å². The van der Waals surface area contributed by atoms with Crippen LogP contribution in [0.2, 0.25) is 0 Å². The summed E-state index contributed by atoms with van der Waals surface area (Å²) >= 11 is 0. The summed E-state index contributed by atoms with van der Waals surface area (Å²) in [6.45, 7) is 7.14. The van der Waals surface area contributed by atoms with E-state index in [0.717, 1.165) is 56.1 Å². The summed E-state index contributed by atoms with van der Waals surface area (Å²) in [5.74, 6) is 0. The van der Waals surface area contributed by atoms with Crippen molar-refractivity contribution < 1.29 is 5.11 Å². The molecule has 0 aliphatic carbocycles. The van der Waals surface area contributed by atoms with Gasteiger partial charge in [0.1, 0.15) is 0 Å². The van der Waals surface area contributed by atoms with E-state index >= 15 is 0 Å². The number of hydrogen-bond acceptors (Lipinski definition) is 4. The predicted octanol–water partition coefficient (Wildman–Crippen LogP) is 1.08. The van der Waals surface area contributed by atoms with Crippen molar-refractivity contribution in [3.05, 3.63) is 23.8 Å². The molecule has 1 aromatic rings. The third-order valence-electron chi connectivity index (χ3n) is 3.65. The first-order valence-electron chi connectivity index (χ1n) is 6.65. The minimum Gasteiger partial charge on any atom is -0.397 e. The molecule has 0 spiro atoms. The van der Waals surface area contributed by atoms with Crippen LogP contribution in [0.1, 0.15) is 12.0 Å². The van der Waals surface area contributed by atoms with Gasteiger partial charge in [-0.25, -0.2) is 0 Å². The minimum absolute atomic E-state index is 0.243. The van der Waals surface area contributed by atoms with E-state index in [1.165, 1.54) is 0 Å². The van der Waals surface area contributed by atoms with Crippen LogP contribution in [0.25, 0.3) is 0 Å². The van der Waals surface area contributed by atoms with E-state index in [2.05, 4.69) is 34.9 Å². The third kappa shape index (κ3) is 2.94. The first-order chi connectivity index (χ1) is 8.72. The van der Waals surface area contributed by atoms with Gasteiger partial charge >= 0.3 is 0 Å². The summed E-state index contributed by atoms with van der Waals surface area (Å²) in [6, 6.07) is 6.22. The van der Waals surface area contributed by atoms with Crippen LogP contribution >= 0.6 is 0 Å². The van der Waals surface area contributed by atoms with Gasteiger partial charge in [-0.05, 0) is 31.5 Å². The number of β-amino-alcohol motifs (C(OH)–C–C–N with tert-alkyl or cyclic N) is 1. The highest BCUT2D eigenvalue weighted by atomic mass is 16.3. The van der Waals surface area contributed by atoms with Crippen LogP contribution in [0.15, 0.2) is 18.2 Å². The molecule has 0 amide bonds. The van der Waals surface area contributed by atoms with E-state index in [0.29, 0.717) is 0 Å². The Bertz CT molecular complexity index is 395. The molecule has 4 heteroatoms. The number of hydrogen-bond donors (Lipinski definition) is 2. The average Bonchev–Trinajstić information content (AvgIpc) is 2.59. The van der Waals surface area contributed by atoms with Crippen LogP contribution in [0.5, 0.6) is 0 Å². The second-order valence-electron chi connectivity index (χ2n) is 4.91. The Morgan fingerprint density at radius 3 is 2.83 bits per heavy atom. The Balaban J connectivity index is 2.07. The van der Waals surface area contributed by atoms with Crippen molar-refractivity contribution in [2.75, 3.05) is 50.0 Å². The first kappa shape index (κ1) is 13.2. The first-order valence-corrected chi connectivity index (χ1v) is 6.65. The smallest absolute Gasteiger partial charge is 0.0603 e. The summed E-state index contributed by atoms with van der Waals surface area (Å²) in [5, 5.41) is 9.00. The largest absolute Gasteiger partial charge is 0.397 e. The van der Waals surface area contributed by atoms with Crippen LogP contribution in [-0.4, -0.2) is 49.3 Å². The summed E-state index contributed by atoms with van der Waals surface area (Å²) in [6.07, 6.45) is 1.12. The fraction of sp³-hybridized carbons (Fsp3) is 0.571. The molecule has 0 saturated carbocycles. The van der Waals surface area contributed by atoms with Crippen LogP contribution in [0.4, 0.5) is 11.4 Å². The minimum atomic E-state index is 0.243. The SMILES string of the molecule is Cc1cccc(N2CCCN(CCO)CC2)c1N. The van der Waals surface area contributed by atoms with Gasteiger partial charge < -0.3 is 15.7 Å². The summed E-state index contributed by atoms with van der Waals surface area (Å²) < 4.78 is 0. The highest BCUT2D eigenvalue weighted by molar-refractivity contribution is 5.70. The van der Waals surface area contributed by atoms with Gasteiger partial charge in [0.15, 0.2) is 0 Å². The zero-order valence-corrected chi connectivity index (χ0v) is 11.1. The summed E-state index contributed by atoms with van der Waals surface area (Å²) in [5.41, 5.74) is 9.36. The number of aryl methyl sites for hydroxylation is 1. The lowest BCUT2D eigenvalue weighted by Crippen LogP contribution is -2.32. The van der Waals surface area contributed by atoms with Crippen molar-refractivity contribution in [3.63, 3.8) is 0 Å². The number of benzene rings is 1. The molecule has 1 aliphatic rings. The van der Waals surface area contributed by atoms with E-state index < -0.39 is 0 Å². The van der Waals surface area contributed by atoms with Gasteiger partial charge in [-0.3, -0.25) is 4.90 Å². The van der Waals surface area contributed by atoms with Crippen molar-refractivity contribution in [1.82, 2.24) is 4.90 Å². The average molecular weight is 249 g/mol. The Morgan fingerprint density at radius 1 is 1.22 bits per heavy atom. The molecule has 3 N–H and O–H groups in total.